The predicted molar refractivity (Wildman–Crippen MR) is 112 cm³/mol. The van der Waals surface area contributed by atoms with Gasteiger partial charge in [0.2, 0.25) is 0 Å². The summed E-state index contributed by atoms with van der Waals surface area (Å²) in [5, 5.41) is 0. The number of benzene rings is 1. The van der Waals surface area contributed by atoms with Crippen molar-refractivity contribution < 1.29 is 14.3 Å². The Balaban J connectivity index is 1.63. The maximum Gasteiger partial charge on any atom is 0.305 e. The van der Waals surface area contributed by atoms with Crippen LogP contribution in [0.1, 0.15) is 69.0 Å². The van der Waals surface area contributed by atoms with E-state index in [4.69, 9.17) is 9.47 Å². The number of fused-ring (bicyclic) bond motifs is 1. The number of nitrogens with zero attached hydrogens (tertiary/aromatic N) is 2. The Kier molecular flexibility index (Phi) is 6.87. The third-order valence-electron chi connectivity index (χ3n) is 5.08. The van der Waals surface area contributed by atoms with Gasteiger partial charge in [-0.15, -0.1) is 0 Å². The highest BCUT2D eigenvalue weighted by Crippen LogP contribution is 2.38. The molecule has 0 saturated heterocycles. The number of carbonyl (C=O) groups excluding carboxylic acids is 1. The minimum Gasteiger partial charge on any atom is -0.493 e. The second-order valence-corrected chi connectivity index (χ2v) is 7.85. The van der Waals surface area contributed by atoms with Gasteiger partial charge in [0, 0.05) is 23.7 Å². The zero-order valence-corrected chi connectivity index (χ0v) is 17.5. The molecule has 0 amide bonds. The molecule has 1 aromatic heterocycles. The van der Waals surface area contributed by atoms with E-state index in [1.807, 2.05) is 19.1 Å². The lowest BCUT2D eigenvalue weighted by atomic mass is 9.79. The van der Waals surface area contributed by atoms with Crippen LogP contribution in [0.4, 0.5) is 0 Å². The maximum absolute atomic E-state index is 11.4. The summed E-state index contributed by atoms with van der Waals surface area (Å²) in [4.78, 5) is 20.2. The van der Waals surface area contributed by atoms with E-state index in [1.54, 1.807) is 12.4 Å². The standard InChI is InChI=1S/C24H28N2O3/c1-4-28-23(27)8-6-5-7-19-16-25-17-20(26-19)11-9-18-10-12-22-21(15-18)24(2,3)13-14-29-22/h10,12,15-17H,4-8,13-14H2,1-3H3. The number of rotatable bonds is 6. The topological polar surface area (TPSA) is 61.3 Å². The normalized spacial score (nSPS) is 14.2. The highest BCUT2D eigenvalue weighted by Gasteiger charge is 2.28. The summed E-state index contributed by atoms with van der Waals surface area (Å²) in [6.45, 7) is 7.48. The lowest BCUT2D eigenvalue weighted by molar-refractivity contribution is -0.143. The van der Waals surface area contributed by atoms with E-state index in [1.165, 1.54) is 5.56 Å². The molecule has 3 rings (SSSR count). The van der Waals surface area contributed by atoms with Crippen LogP contribution in [0.15, 0.2) is 30.6 Å². The van der Waals surface area contributed by atoms with Crippen LogP contribution < -0.4 is 4.74 Å². The first-order valence-corrected chi connectivity index (χ1v) is 10.2. The van der Waals surface area contributed by atoms with Gasteiger partial charge in [0.15, 0.2) is 0 Å². The molecule has 1 aliphatic rings. The Morgan fingerprint density at radius 1 is 1.24 bits per heavy atom. The van der Waals surface area contributed by atoms with Gasteiger partial charge < -0.3 is 9.47 Å². The van der Waals surface area contributed by atoms with E-state index >= 15 is 0 Å². The van der Waals surface area contributed by atoms with Crippen LogP contribution in [0, 0.1) is 11.8 Å². The minimum absolute atomic E-state index is 0.0918. The number of aromatic nitrogens is 2. The van der Waals surface area contributed by atoms with Crippen LogP contribution in [0.25, 0.3) is 0 Å². The summed E-state index contributed by atoms with van der Waals surface area (Å²) in [5.41, 5.74) is 3.79. The average molecular weight is 392 g/mol. The van der Waals surface area contributed by atoms with Crippen LogP contribution in [-0.2, 0) is 21.4 Å². The van der Waals surface area contributed by atoms with Crippen molar-refractivity contribution in [2.24, 2.45) is 0 Å². The molecule has 0 fully saturated rings. The molecule has 0 bridgehead atoms. The Labute approximate surface area is 172 Å². The summed E-state index contributed by atoms with van der Waals surface area (Å²) >= 11 is 0. The number of hydrogen-bond acceptors (Lipinski definition) is 5. The fourth-order valence-corrected chi connectivity index (χ4v) is 3.35. The van der Waals surface area contributed by atoms with Crippen LogP contribution in [0.3, 0.4) is 0 Å². The van der Waals surface area contributed by atoms with Gasteiger partial charge in [-0.05, 0) is 62.1 Å². The van der Waals surface area contributed by atoms with Gasteiger partial charge in [0.1, 0.15) is 11.4 Å². The van der Waals surface area contributed by atoms with Gasteiger partial charge in [0.05, 0.1) is 25.1 Å². The molecule has 5 nitrogen and oxygen atoms in total. The Morgan fingerprint density at radius 3 is 2.93 bits per heavy atom. The van der Waals surface area contributed by atoms with Crippen molar-refractivity contribution in [3.8, 4) is 17.6 Å². The fourth-order valence-electron chi connectivity index (χ4n) is 3.35. The summed E-state index contributed by atoms with van der Waals surface area (Å²) < 4.78 is 10.7. The molecule has 2 aromatic rings. The highest BCUT2D eigenvalue weighted by atomic mass is 16.5. The highest BCUT2D eigenvalue weighted by molar-refractivity contribution is 5.69. The number of carbonyl (C=O) groups is 1. The van der Waals surface area contributed by atoms with Gasteiger partial charge in [-0.3, -0.25) is 9.78 Å². The predicted octanol–water partition coefficient (Wildman–Crippen LogP) is 4.21. The molecule has 0 unspecified atom stereocenters. The quantitative estimate of drug-likeness (QED) is 0.419. The zero-order valence-electron chi connectivity index (χ0n) is 17.5. The number of esters is 1. The molecule has 5 heteroatoms. The molecule has 152 valence electrons. The SMILES string of the molecule is CCOC(=O)CCCCc1cncc(C#Cc2ccc3c(c2)C(C)(C)CCO3)n1. The molecular weight excluding hydrogens is 364 g/mol. The third kappa shape index (κ3) is 5.80. The van der Waals surface area contributed by atoms with Crippen molar-refractivity contribution >= 4 is 5.97 Å². The van der Waals surface area contributed by atoms with Gasteiger partial charge in [0.25, 0.3) is 0 Å². The fraction of sp³-hybridized carbons (Fsp3) is 0.458. The smallest absolute Gasteiger partial charge is 0.305 e. The zero-order chi connectivity index (χ0) is 20.7. The van der Waals surface area contributed by atoms with E-state index < -0.39 is 0 Å². The summed E-state index contributed by atoms with van der Waals surface area (Å²) in [5.74, 6) is 7.14. The molecule has 0 radical (unpaired) electrons. The number of hydrogen-bond donors (Lipinski definition) is 0. The van der Waals surface area contributed by atoms with Crippen molar-refractivity contribution in [2.45, 2.75) is 58.3 Å². The maximum atomic E-state index is 11.4. The Morgan fingerprint density at radius 2 is 2.10 bits per heavy atom. The molecule has 0 N–H and O–H groups in total. The van der Waals surface area contributed by atoms with Crippen LogP contribution >= 0.6 is 0 Å². The van der Waals surface area contributed by atoms with E-state index in [0.29, 0.717) is 18.7 Å². The Hall–Kier alpha value is -2.87. The molecule has 0 spiro atoms. The van der Waals surface area contributed by atoms with E-state index in [9.17, 15) is 4.79 Å². The van der Waals surface area contributed by atoms with Crippen LogP contribution in [-0.4, -0.2) is 29.2 Å². The molecule has 1 aliphatic heterocycles. The van der Waals surface area contributed by atoms with E-state index in [2.05, 4.69) is 41.7 Å². The molecule has 0 atom stereocenters. The second kappa shape index (κ2) is 9.56. The molecule has 2 heterocycles. The Bertz CT molecular complexity index is 925. The summed E-state index contributed by atoms with van der Waals surface area (Å²) in [7, 11) is 0. The number of ether oxygens (including phenoxy) is 2. The number of unbranched alkanes of at least 4 members (excludes halogenated alkanes) is 1. The van der Waals surface area contributed by atoms with Crippen LogP contribution in [0.5, 0.6) is 5.75 Å². The van der Waals surface area contributed by atoms with E-state index in [0.717, 1.165) is 49.3 Å². The first kappa shape index (κ1) is 20.9. The largest absolute Gasteiger partial charge is 0.493 e. The monoisotopic (exact) mass is 392 g/mol. The van der Waals surface area contributed by atoms with Crippen molar-refractivity contribution in [2.75, 3.05) is 13.2 Å². The van der Waals surface area contributed by atoms with E-state index in [-0.39, 0.29) is 11.4 Å². The van der Waals surface area contributed by atoms with Gasteiger partial charge in [-0.25, -0.2) is 4.98 Å². The third-order valence-corrected chi connectivity index (χ3v) is 5.08. The lowest BCUT2D eigenvalue weighted by Gasteiger charge is -2.32. The average Bonchev–Trinajstić information content (AvgIpc) is 2.70. The van der Waals surface area contributed by atoms with Crippen molar-refractivity contribution in [3.05, 3.63) is 53.1 Å². The number of aryl methyl sites for hydroxylation is 1. The molecule has 1 aromatic carbocycles. The van der Waals surface area contributed by atoms with Crippen molar-refractivity contribution in [1.29, 1.82) is 0 Å². The summed E-state index contributed by atoms with van der Waals surface area (Å²) in [6.07, 6.45) is 7.30. The molecular formula is C24H28N2O3. The molecule has 0 saturated carbocycles. The first-order chi connectivity index (χ1) is 14.0. The van der Waals surface area contributed by atoms with Gasteiger partial charge >= 0.3 is 5.97 Å². The van der Waals surface area contributed by atoms with Crippen molar-refractivity contribution in [1.82, 2.24) is 9.97 Å². The summed E-state index contributed by atoms with van der Waals surface area (Å²) in [6, 6.07) is 6.11. The molecule has 0 aliphatic carbocycles. The second-order valence-electron chi connectivity index (χ2n) is 7.85. The first-order valence-electron chi connectivity index (χ1n) is 10.2. The van der Waals surface area contributed by atoms with Gasteiger partial charge in [-0.1, -0.05) is 19.8 Å². The molecule has 29 heavy (non-hydrogen) atoms. The van der Waals surface area contributed by atoms with Crippen molar-refractivity contribution in [3.63, 3.8) is 0 Å². The minimum atomic E-state index is -0.142. The lowest BCUT2D eigenvalue weighted by Crippen LogP contribution is -2.26. The van der Waals surface area contributed by atoms with Gasteiger partial charge in [-0.2, -0.15) is 0 Å². The van der Waals surface area contributed by atoms with Crippen LogP contribution in [0.2, 0.25) is 0 Å².